The molecule has 154 valence electrons. The van der Waals surface area contributed by atoms with E-state index in [1.165, 1.54) is 0 Å². The normalized spacial score (nSPS) is 51.3. The fourth-order valence-electron chi connectivity index (χ4n) is 7.66. The van der Waals surface area contributed by atoms with E-state index in [9.17, 15) is 28.2 Å². The minimum atomic E-state index is -4.75. The molecule has 0 radical (unpaired) electrons. The molecule has 6 heteroatoms. The predicted molar refractivity (Wildman–Crippen MR) is 93.7 cm³/mol. The number of Topliss-reactive ketones (excluding diaryl/α,β-unsaturated/α-hetero) is 1. The lowest BCUT2D eigenvalue weighted by Crippen LogP contribution is -2.57. The molecular weight excluding hydrogens is 357 g/mol. The number of carbonyl (C=O) groups excluding carboxylic acids is 1. The van der Waals surface area contributed by atoms with Crippen LogP contribution < -0.4 is 0 Å². The second-order valence-corrected chi connectivity index (χ2v) is 10.3. The summed E-state index contributed by atoms with van der Waals surface area (Å²) in [6.45, 7) is 4.26. The van der Waals surface area contributed by atoms with Crippen molar-refractivity contribution in [1.82, 2.24) is 0 Å². The largest absolute Gasteiger partial charge is 0.415 e. The van der Waals surface area contributed by atoms with Crippen molar-refractivity contribution in [2.75, 3.05) is 0 Å². The molecule has 27 heavy (non-hydrogen) atoms. The van der Waals surface area contributed by atoms with Crippen molar-refractivity contribution >= 4 is 5.78 Å². The van der Waals surface area contributed by atoms with Crippen molar-refractivity contribution in [3.05, 3.63) is 0 Å². The average molecular weight is 388 g/mol. The van der Waals surface area contributed by atoms with Crippen LogP contribution in [0, 0.1) is 40.4 Å². The van der Waals surface area contributed by atoms with Crippen LogP contribution in [-0.2, 0) is 4.79 Å². The van der Waals surface area contributed by atoms with Gasteiger partial charge in [0.2, 0.25) is 0 Å². The number of carbonyl (C=O) groups is 1. The Kier molecular flexibility index (Phi) is 4.51. The zero-order valence-corrected chi connectivity index (χ0v) is 16.1. The first kappa shape index (κ1) is 19.7. The van der Waals surface area contributed by atoms with Gasteiger partial charge < -0.3 is 10.2 Å². The first-order valence-corrected chi connectivity index (χ1v) is 10.4. The van der Waals surface area contributed by atoms with Crippen LogP contribution in [0.1, 0.15) is 65.2 Å². The van der Waals surface area contributed by atoms with E-state index in [-0.39, 0.29) is 41.6 Å². The Bertz CT molecular complexity index is 620. The monoisotopic (exact) mass is 388 g/mol. The lowest BCUT2D eigenvalue weighted by molar-refractivity contribution is -0.229. The molecule has 4 aliphatic rings. The van der Waals surface area contributed by atoms with E-state index in [4.69, 9.17) is 0 Å². The molecule has 9 atom stereocenters. The molecule has 0 aromatic heterocycles. The van der Waals surface area contributed by atoms with Crippen LogP contribution in [-0.4, -0.2) is 34.4 Å². The Hall–Kier alpha value is -0.620. The third-order valence-electron chi connectivity index (χ3n) is 9.25. The third kappa shape index (κ3) is 2.80. The van der Waals surface area contributed by atoms with Crippen LogP contribution in [0.15, 0.2) is 0 Å². The third-order valence-corrected chi connectivity index (χ3v) is 9.25. The molecular formula is C21H31F3O3. The number of hydrogen-bond acceptors (Lipinski definition) is 3. The molecule has 0 spiro atoms. The summed E-state index contributed by atoms with van der Waals surface area (Å²) in [4.78, 5) is 12.4. The van der Waals surface area contributed by atoms with Crippen LogP contribution in [0.2, 0.25) is 0 Å². The van der Waals surface area contributed by atoms with Gasteiger partial charge in [0, 0.05) is 6.42 Å². The number of aliphatic hydroxyl groups is 2. The van der Waals surface area contributed by atoms with Gasteiger partial charge in [-0.2, -0.15) is 13.2 Å². The van der Waals surface area contributed by atoms with Crippen LogP contribution in [0.4, 0.5) is 13.2 Å². The van der Waals surface area contributed by atoms with Gasteiger partial charge in [-0.3, -0.25) is 4.79 Å². The highest BCUT2D eigenvalue weighted by Crippen LogP contribution is 2.66. The van der Waals surface area contributed by atoms with Crippen LogP contribution in [0.25, 0.3) is 0 Å². The number of rotatable bonds is 1. The van der Waals surface area contributed by atoms with Gasteiger partial charge in [0.25, 0.3) is 0 Å². The second kappa shape index (κ2) is 6.19. The van der Waals surface area contributed by atoms with Crippen molar-refractivity contribution < 1.29 is 28.2 Å². The zero-order valence-electron chi connectivity index (χ0n) is 16.1. The van der Waals surface area contributed by atoms with Gasteiger partial charge in [-0.05, 0) is 79.4 Å². The van der Waals surface area contributed by atoms with Crippen molar-refractivity contribution in [3.8, 4) is 0 Å². The second-order valence-electron chi connectivity index (χ2n) is 10.3. The van der Waals surface area contributed by atoms with E-state index < -0.39 is 24.0 Å². The Morgan fingerprint density at radius 2 is 1.70 bits per heavy atom. The molecule has 0 aromatic carbocycles. The number of halogens is 3. The molecule has 4 saturated carbocycles. The Morgan fingerprint density at radius 3 is 2.37 bits per heavy atom. The SMILES string of the molecule is C[C@]12C[C@H]([C@H](O)C(F)(F)F)C(=O)C[C@H]1CC[C@@H]1[C@@H]2CC[C@]2(C)[C@@H](O)CC[C@@H]12. The van der Waals surface area contributed by atoms with Crippen molar-refractivity contribution in [2.24, 2.45) is 40.4 Å². The molecule has 4 rings (SSSR count). The number of aliphatic hydroxyl groups excluding tert-OH is 2. The number of hydrogen-bond donors (Lipinski definition) is 2. The minimum absolute atomic E-state index is 0.0697. The zero-order chi connectivity index (χ0) is 19.8. The van der Waals surface area contributed by atoms with Crippen molar-refractivity contribution in [2.45, 2.75) is 83.6 Å². The molecule has 2 N–H and O–H groups in total. The van der Waals surface area contributed by atoms with E-state index >= 15 is 0 Å². The molecule has 0 bridgehead atoms. The fourth-order valence-corrected chi connectivity index (χ4v) is 7.66. The highest BCUT2D eigenvalue weighted by Gasteiger charge is 2.62. The molecule has 0 heterocycles. The van der Waals surface area contributed by atoms with Gasteiger partial charge >= 0.3 is 6.18 Å². The molecule has 0 aliphatic heterocycles. The average Bonchev–Trinajstić information content (AvgIpc) is 2.89. The van der Waals surface area contributed by atoms with Crippen molar-refractivity contribution in [3.63, 3.8) is 0 Å². The topological polar surface area (TPSA) is 57.5 Å². The predicted octanol–water partition coefficient (Wildman–Crippen LogP) is 4.11. The van der Waals surface area contributed by atoms with Crippen LogP contribution >= 0.6 is 0 Å². The molecule has 0 unspecified atom stereocenters. The van der Waals surface area contributed by atoms with Crippen LogP contribution in [0.5, 0.6) is 0 Å². The maximum absolute atomic E-state index is 13.1. The molecule has 0 saturated heterocycles. The Balaban J connectivity index is 1.62. The first-order chi connectivity index (χ1) is 12.5. The quantitative estimate of drug-likeness (QED) is 0.711. The lowest BCUT2D eigenvalue weighted by Gasteiger charge is -2.61. The van der Waals surface area contributed by atoms with E-state index in [0.29, 0.717) is 11.8 Å². The molecule has 4 fully saturated rings. The Morgan fingerprint density at radius 1 is 1.04 bits per heavy atom. The maximum Gasteiger partial charge on any atom is 0.415 e. The van der Waals surface area contributed by atoms with Gasteiger partial charge in [0.1, 0.15) is 5.78 Å². The van der Waals surface area contributed by atoms with Gasteiger partial charge in [0.15, 0.2) is 6.10 Å². The molecule has 0 aromatic rings. The highest BCUT2D eigenvalue weighted by atomic mass is 19.4. The highest BCUT2D eigenvalue weighted by molar-refractivity contribution is 5.83. The maximum atomic E-state index is 13.1. The number of ketones is 1. The summed E-state index contributed by atoms with van der Waals surface area (Å²) in [5.41, 5.74) is -0.400. The summed E-state index contributed by atoms with van der Waals surface area (Å²) < 4.78 is 39.4. The summed E-state index contributed by atoms with van der Waals surface area (Å²) in [5, 5.41) is 20.3. The van der Waals surface area contributed by atoms with Gasteiger partial charge in [0.05, 0.1) is 12.0 Å². The van der Waals surface area contributed by atoms with Crippen molar-refractivity contribution in [1.29, 1.82) is 0 Å². The van der Waals surface area contributed by atoms with Gasteiger partial charge in [-0.1, -0.05) is 13.8 Å². The fraction of sp³-hybridized carbons (Fsp3) is 0.952. The minimum Gasteiger partial charge on any atom is -0.393 e. The molecule has 3 nitrogen and oxygen atoms in total. The van der Waals surface area contributed by atoms with Gasteiger partial charge in [-0.15, -0.1) is 0 Å². The number of fused-ring (bicyclic) bond motifs is 5. The van der Waals surface area contributed by atoms with E-state index in [1.54, 1.807) is 0 Å². The van der Waals surface area contributed by atoms with E-state index in [0.717, 1.165) is 38.5 Å². The van der Waals surface area contributed by atoms with Crippen LogP contribution in [0.3, 0.4) is 0 Å². The summed E-state index contributed by atoms with van der Waals surface area (Å²) in [5.74, 6) is -0.494. The summed E-state index contributed by atoms with van der Waals surface area (Å²) in [7, 11) is 0. The summed E-state index contributed by atoms with van der Waals surface area (Å²) in [6, 6.07) is 0. The van der Waals surface area contributed by atoms with E-state index in [1.807, 2.05) is 0 Å². The first-order valence-electron chi connectivity index (χ1n) is 10.4. The Labute approximate surface area is 158 Å². The summed E-state index contributed by atoms with van der Waals surface area (Å²) >= 11 is 0. The standard InChI is InChI=1S/C21H31F3O3/c1-19-8-7-15-12(14(19)5-6-17(19)26)4-3-11-9-16(25)13(10-20(11,15)2)18(27)21(22,23)24/h11-15,17-18,26-27H,3-10H2,1-2H3/t11-,12+,13+,14+,15+,17+,18+,19+,20+/m1/s1. The molecule has 0 amide bonds. The lowest BCUT2D eigenvalue weighted by atomic mass is 9.44. The molecule has 4 aliphatic carbocycles. The summed E-state index contributed by atoms with van der Waals surface area (Å²) in [6.07, 6.45) is -1.76. The number of alkyl halides is 3. The van der Waals surface area contributed by atoms with E-state index in [2.05, 4.69) is 13.8 Å². The smallest absolute Gasteiger partial charge is 0.393 e. The van der Waals surface area contributed by atoms with Gasteiger partial charge in [-0.25, -0.2) is 0 Å².